The summed E-state index contributed by atoms with van der Waals surface area (Å²) in [6, 6.07) is 0. The molecule has 0 bridgehead atoms. The predicted molar refractivity (Wildman–Crippen MR) is 51.5 cm³/mol. The molecule has 0 saturated heterocycles. The van der Waals surface area contributed by atoms with Gasteiger partial charge in [-0.15, -0.1) is 0 Å². The van der Waals surface area contributed by atoms with Crippen molar-refractivity contribution in [2.24, 2.45) is 5.41 Å². The Balaban J connectivity index is 2.26. The third-order valence-corrected chi connectivity index (χ3v) is 3.18. The zero-order chi connectivity index (χ0) is 9.47. The molecule has 1 N–H and O–H groups in total. The van der Waals surface area contributed by atoms with Gasteiger partial charge < -0.3 is 0 Å². The van der Waals surface area contributed by atoms with Gasteiger partial charge in [-0.05, 0) is 25.2 Å². The van der Waals surface area contributed by atoms with Crippen LogP contribution in [0, 0.1) is 12.3 Å². The van der Waals surface area contributed by atoms with Crippen LogP contribution in [0.15, 0.2) is 0 Å². The Bertz CT molecular complexity index is 301. The van der Waals surface area contributed by atoms with E-state index in [1.165, 1.54) is 19.3 Å². The van der Waals surface area contributed by atoms with E-state index in [4.69, 9.17) is 0 Å². The molecule has 0 spiro atoms. The lowest BCUT2D eigenvalue weighted by Gasteiger charge is -2.24. The summed E-state index contributed by atoms with van der Waals surface area (Å²) in [7, 11) is 0. The lowest BCUT2D eigenvalue weighted by molar-refractivity contribution is 0.322. The lowest BCUT2D eigenvalue weighted by atomic mass is 9.81. The molecule has 1 aromatic heterocycles. The van der Waals surface area contributed by atoms with Gasteiger partial charge in [0.1, 0.15) is 5.82 Å². The second-order valence-electron chi connectivity index (χ2n) is 4.71. The first-order valence-electron chi connectivity index (χ1n) is 4.98. The average Bonchev–Trinajstić information content (AvgIpc) is 2.56. The Hall–Kier alpha value is -0.860. The zero-order valence-electron chi connectivity index (χ0n) is 8.59. The molecule has 0 aliphatic heterocycles. The van der Waals surface area contributed by atoms with Crippen LogP contribution in [0.25, 0.3) is 0 Å². The normalized spacial score (nSPS) is 26.5. The summed E-state index contributed by atoms with van der Waals surface area (Å²) in [6.07, 6.45) is 3.85. The highest BCUT2D eigenvalue weighted by Gasteiger charge is 2.37. The SMILES string of the molecule is Cc1nc(C2CCCC2(C)C)n[nH]1. The molecule has 0 aromatic carbocycles. The first-order valence-corrected chi connectivity index (χ1v) is 4.98. The first-order chi connectivity index (χ1) is 6.09. The van der Waals surface area contributed by atoms with Crippen molar-refractivity contribution >= 4 is 0 Å². The number of aryl methyl sites for hydroxylation is 1. The largest absolute Gasteiger partial charge is 0.263 e. The predicted octanol–water partition coefficient (Wildman–Crippen LogP) is 2.41. The Morgan fingerprint density at radius 3 is 2.69 bits per heavy atom. The molecule has 0 radical (unpaired) electrons. The van der Waals surface area contributed by atoms with Gasteiger partial charge in [0.05, 0.1) is 0 Å². The molecular weight excluding hydrogens is 162 g/mol. The minimum absolute atomic E-state index is 0.384. The minimum atomic E-state index is 0.384. The highest BCUT2D eigenvalue weighted by atomic mass is 15.2. The fourth-order valence-corrected chi connectivity index (χ4v) is 2.32. The average molecular weight is 179 g/mol. The summed E-state index contributed by atoms with van der Waals surface area (Å²) in [5.74, 6) is 2.50. The van der Waals surface area contributed by atoms with Crippen LogP contribution in [-0.2, 0) is 0 Å². The van der Waals surface area contributed by atoms with Crippen LogP contribution in [0.4, 0.5) is 0 Å². The van der Waals surface area contributed by atoms with Crippen molar-refractivity contribution in [1.29, 1.82) is 0 Å². The second-order valence-corrected chi connectivity index (χ2v) is 4.71. The first kappa shape index (κ1) is 8.73. The van der Waals surface area contributed by atoms with Crippen molar-refractivity contribution in [2.75, 3.05) is 0 Å². The standard InChI is InChI=1S/C10H17N3/c1-7-11-9(13-12-7)8-5-4-6-10(8,2)3/h8H,4-6H2,1-3H3,(H,11,12,13). The molecule has 1 fully saturated rings. The van der Waals surface area contributed by atoms with Crippen LogP contribution in [0.5, 0.6) is 0 Å². The van der Waals surface area contributed by atoms with E-state index in [1.54, 1.807) is 0 Å². The molecule has 1 saturated carbocycles. The van der Waals surface area contributed by atoms with Crippen molar-refractivity contribution in [2.45, 2.75) is 46.0 Å². The van der Waals surface area contributed by atoms with Gasteiger partial charge in [0.25, 0.3) is 0 Å². The van der Waals surface area contributed by atoms with Crippen molar-refractivity contribution in [3.63, 3.8) is 0 Å². The molecule has 3 heteroatoms. The van der Waals surface area contributed by atoms with Crippen molar-refractivity contribution < 1.29 is 0 Å². The number of nitrogens with zero attached hydrogens (tertiary/aromatic N) is 2. The van der Waals surface area contributed by atoms with Gasteiger partial charge in [-0.3, -0.25) is 5.10 Å². The lowest BCUT2D eigenvalue weighted by Crippen LogP contribution is -2.16. The molecule has 13 heavy (non-hydrogen) atoms. The van der Waals surface area contributed by atoms with Gasteiger partial charge in [0.15, 0.2) is 5.82 Å². The van der Waals surface area contributed by atoms with Crippen molar-refractivity contribution in [3.05, 3.63) is 11.6 Å². The van der Waals surface area contributed by atoms with Gasteiger partial charge in [-0.1, -0.05) is 20.3 Å². The van der Waals surface area contributed by atoms with E-state index in [9.17, 15) is 0 Å². The molecule has 1 aliphatic carbocycles. The molecule has 0 amide bonds. The highest BCUT2D eigenvalue weighted by Crippen LogP contribution is 2.47. The molecule has 1 atom stereocenters. The summed E-state index contributed by atoms with van der Waals surface area (Å²) in [5.41, 5.74) is 0.384. The van der Waals surface area contributed by atoms with Crippen molar-refractivity contribution in [3.8, 4) is 0 Å². The number of H-pyrrole nitrogens is 1. The van der Waals surface area contributed by atoms with Gasteiger partial charge in [-0.25, -0.2) is 4.98 Å². The summed E-state index contributed by atoms with van der Waals surface area (Å²) >= 11 is 0. The maximum Gasteiger partial charge on any atom is 0.154 e. The van der Waals surface area contributed by atoms with Gasteiger partial charge in [-0.2, -0.15) is 5.10 Å². The van der Waals surface area contributed by atoms with Crippen LogP contribution in [0.2, 0.25) is 0 Å². The Labute approximate surface area is 79.0 Å². The number of aromatic amines is 1. The molecular formula is C10H17N3. The molecule has 2 rings (SSSR count). The van der Waals surface area contributed by atoms with E-state index >= 15 is 0 Å². The van der Waals surface area contributed by atoms with Crippen LogP contribution in [0.1, 0.15) is 50.7 Å². The van der Waals surface area contributed by atoms with Crippen LogP contribution in [-0.4, -0.2) is 15.2 Å². The number of hydrogen-bond donors (Lipinski definition) is 1. The summed E-state index contributed by atoms with van der Waals surface area (Å²) < 4.78 is 0. The Morgan fingerprint density at radius 2 is 2.23 bits per heavy atom. The maximum absolute atomic E-state index is 4.42. The summed E-state index contributed by atoms with van der Waals surface area (Å²) in [5, 5.41) is 7.18. The summed E-state index contributed by atoms with van der Waals surface area (Å²) in [6.45, 7) is 6.59. The monoisotopic (exact) mass is 179 g/mol. The van der Waals surface area contributed by atoms with E-state index in [0.29, 0.717) is 11.3 Å². The van der Waals surface area contributed by atoms with E-state index in [-0.39, 0.29) is 0 Å². The third kappa shape index (κ3) is 1.47. The highest BCUT2D eigenvalue weighted by molar-refractivity contribution is 5.05. The van der Waals surface area contributed by atoms with Crippen LogP contribution in [0.3, 0.4) is 0 Å². The number of nitrogens with one attached hydrogen (secondary N) is 1. The molecule has 3 nitrogen and oxygen atoms in total. The zero-order valence-corrected chi connectivity index (χ0v) is 8.59. The summed E-state index contributed by atoms with van der Waals surface area (Å²) in [4.78, 5) is 4.42. The third-order valence-electron chi connectivity index (χ3n) is 3.18. The molecule has 1 heterocycles. The van der Waals surface area contributed by atoms with E-state index in [2.05, 4.69) is 29.0 Å². The Morgan fingerprint density at radius 1 is 1.46 bits per heavy atom. The molecule has 1 aliphatic rings. The minimum Gasteiger partial charge on any atom is -0.263 e. The Kier molecular flexibility index (Phi) is 1.90. The van der Waals surface area contributed by atoms with E-state index in [0.717, 1.165) is 11.6 Å². The quantitative estimate of drug-likeness (QED) is 0.719. The van der Waals surface area contributed by atoms with Crippen LogP contribution < -0.4 is 0 Å². The van der Waals surface area contributed by atoms with Gasteiger partial charge in [0.2, 0.25) is 0 Å². The fourth-order valence-electron chi connectivity index (χ4n) is 2.32. The fraction of sp³-hybridized carbons (Fsp3) is 0.800. The van der Waals surface area contributed by atoms with Crippen LogP contribution >= 0.6 is 0 Å². The van der Waals surface area contributed by atoms with E-state index in [1.807, 2.05) is 6.92 Å². The van der Waals surface area contributed by atoms with Gasteiger partial charge >= 0.3 is 0 Å². The molecule has 1 unspecified atom stereocenters. The second kappa shape index (κ2) is 2.82. The van der Waals surface area contributed by atoms with Crippen molar-refractivity contribution in [1.82, 2.24) is 15.2 Å². The maximum atomic E-state index is 4.42. The number of aromatic nitrogens is 3. The number of hydrogen-bond acceptors (Lipinski definition) is 2. The van der Waals surface area contributed by atoms with E-state index < -0.39 is 0 Å². The molecule has 72 valence electrons. The topological polar surface area (TPSA) is 41.6 Å². The number of rotatable bonds is 1. The molecule has 1 aromatic rings. The van der Waals surface area contributed by atoms with Gasteiger partial charge in [0, 0.05) is 5.92 Å². The smallest absolute Gasteiger partial charge is 0.154 e.